The topological polar surface area (TPSA) is 57.8 Å². The van der Waals surface area contributed by atoms with Gasteiger partial charge in [0, 0.05) is 6.20 Å². The van der Waals surface area contributed by atoms with Crippen LogP contribution in [-0.2, 0) is 16.8 Å². The smallest absolute Gasteiger partial charge is 0.230 e. The number of carbonyl (C=O) groups excluding carboxylic acids is 1. The first-order valence-corrected chi connectivity index (χ1v) is 6.63. The van der Waals surface area contributed by atoms with Gasteiger partial charge in [0.05, 0.1) is 17.7 Å². The normalized spacial score (nSPS) is 16.6. The molecule has 0 radical (unpaired) electrons. The van der Waals surface area contributed by atoms with Gasteiger partial charge in [0.1, 0.15) is 0 Å². The minimum absolute atomic E-state index is 0.125. The van der Waals surface area contributed by atoms with Crippen LogP contribution in [0.4, 0.5) is 0 Å². The quantitative estimate of drug-likeness (QED) is 0.879. The number of H-pyrrole nitrogens is 1. The molecule has 1 heterocycles. The van der Waals surface area contributed by atoms with Crippen LogP contribution < -0.4 is 5.32 Å². The molecule has 1 aliphatic carbocycles. The molecule has 2 aromatic rings. The summed E-state index contributed by atoms with van der Waals surface area (Å²) >= 11 is 0. The molecular formula is C15H17N3O. The van der Waals surface area contributed by atoms with Gasteiger partial charge in [-0.2, -0.15) is 5.10 Å². The zero-order valence-corrected chi connectivity index (χ0v) is 10.7. The largest absolute Gasteiger partial charge is 0.350 e. The van der Waals surface area contributed by atoms with E-state index >= 15 is 0 Å². The van der Waals surface area contributed by atoms with Gasteiger partial charge in [-0.3, -0.25) is 9.89 Å². The van der Waals surface area contributed by atoms with Crippen molar-refractivity contribution in [3.05, 3.63) is 53.9 Å². The Bertz CT molecular complexity index is 544. The Kier molecular flexibility index (Phi) is 3.07. The molecule has 4 nitrogen and oxygen atoms in total. The van der Waals surface area contributed by atoms with Crippen molar-refractivity contribution in [3.63, 3.8) is 0 Å². The average Bonchev–Trinajstić information content (AvgIpc) is 2.89. The SMILES string of the molecule is O=C(NCc1ccn[nH]1)C1(c2ccccc2)CCC1. The summed E-state index contributed by atoms with van der Waals surface area (Å²) in [7, 11) is 0. The van der Waals surface area contributed by atoms with Gasteiger partial charge in [0.15, 0.2) is 0 Å². The van der Waals surface area contributed by atoms with Crippen LogP contribution in [0, 0.1) is 0 Å². The Morgan fingerprint density at radius 1 is 1.26 bits per heavy atom. The average molecular weight is 255 g/mol. The van der Waals surface area contributed by atoms with E-state index in [1.807, 2.05) is 24.3 Å². The monoisotopic (exact) mass is 255 g/mol. The third-order valence-electron chi connectivity index (χ3n) is 3.97. The zero-order chi connectivity index (χ0) is 13.1. The minimum Gasteiger partial charge on any atom is -0.350 e. The standard InChI is InChI=1S/C15H17N3O/c19-14(16-11-13-7-10-17-18-13)15(8-4-9-15)12-5-2-1-3-6-12/h1-3,5-7,10H,4,8-9,11H2,(H,16,19)(H,17,18). The van der Waals surface area contributed by atoms with E-state index in [0.29, 0.717) is 6.54 Å². The fraction of sp³-hybridized carbons (Fsp3) is 0.333. The fourth-order valence-corrected chi connectivity index (χ4v) is 2.66. The van der Waals surface area contributed by atoms with Gasteiger partial charge < -0.3 is 5.32 Å². The Morgan fingerprint density at radius 3 is 2.63 bits per heavy atom. The molecule has 1 aliphatic rings. The maximum atomic E-state index is 12.5. The van der Waals surface area contributed by atoms with E-state index in [0.717, 1.165) is 30.5 Å². The number of hydrogen-bond acceptors (Lipinski definition) is 2. The highest BCUT2D eigenvalue weighted by Crippen LogP contribution is 2.43. The number of amides is 1. The van der Waals surface area contributed by atoms with Crippen LogP contribution in [0.2, 0.25) is 0 Å². The molecule has 98 valence electrons. The lowest BCUT2D eigenvalue weighted by molar-refractivity contribution is -0.130. The van der Waals surface area contributed by atoms with E-state index in [9.17, 15) is 4.79 Å². The first-order valence-electron chi connectivity index (χ1n) is 6.63. The van der Waals surface area contributed by atoms with Gasteiger partial charge in [0.2, 0.25) is 5.91 Å². The number of carbonyl (C=O) groups is 1. The predicted molar refractivity (Wildman–Crippen MR) is 72.4 cm³/mol. The van der Waals surface area contributed by atoms with Crippen LogP contribution in [0.3, 0.4) is 0 Å². The molecule has 1 fully saturated rings. The number of rotatable bonds is 4. The van der Waals surface area contributed by atoms with Crippen LogP contribution in [0.5, 0.6) is 0 Å². The van der Waals surface area contributed by atoms with Gasteiger partial charge >= 0.3 is 0 Å². The molecule has 4 heteroatoms. The summed E-state index contributed by atoms with van der Waals surface area (Å²) in [4.78, 5) is 12.5. The maximum absolute atomic E-state index is 12.5. The van der Waals surface area contributed by atoms with Crippen LogP contribution in [-0.4, -0.2) is 16.1 Å². The summed E-state index contributed by atoms with van der Waals surface area (Å²) in [5.41, 5.74) is 1.74. The Labute approximate surface area is 112 Å². The van der Waals surface area contributed by atoms with Gasteiger partial charge in [-0.15, -0.1) is 0 Å². The first kappa shape index (κ1) is 12.0. The zero-order valence-electron chi connectivity index (χ0n) is 10.7. The molecule has 0 bridgehead atoms. The van der Waals surface area contributed by atoms with Crippen LogP contribution in [0.25, 0.3) is 0 Å². The van der Waals surface area contributed by atoms with Crippen molar-refractivity contribution in [2.45, 2.75) is 31.2 Å². The van der Waals surface area contributed by atoms with E-state index in [-0.39, 0.29) is 11.3 Å². The van der Waals surface area contributed by atoms with Crippen molar-refractivity contribution in [2.75, 3.05) is 0 Å². The van der Waals surface area contributed by atoms with Crippen LogP contribution >= 0.6 is 0 Å². The molecule has 19 heavy (non-hydrogen) atoms. The Hall–Kier alpha value is -2.10. The molecule has 0 aliphatic heterocycles. The van der Waals surface area contributed by atoms with Crippen molar-refractivity contribution in [2.24, 2.45) is 0 Å². The van der Waals surface area contributed by atoms with E-state index in [2.05, 4.69) is 27.6 Å². The van der Waals surface area contributed by atoms with Crippen molar-refractivity contribution in [3.8, 4) is 0 Å². The number of nitrogens with zero attached hydrogens (tertiary/aromatic N) is 1. The van der Waals surface area contributed by atoms with Crippen LogP contribution in [0.15, 0.2) is 42.6 Å². The second-order valence-corrected chi connectivity index (χ2v) is 5.07. The second-order valence-electron chi connectivity index (χ2n) is 5.07. The molecule has 1 aromatic carbocycles. The molecule has 1 amide bonds. The third-order valence-corrected chi connectivity index (χ3v) is 3.97. The summed E-state index contributed by atoms with van der Waals surface area (Å²) < 4.78 is 0. The minimum atomic E-state index is -0.318. The number of benzene rings is 1. The fourth-order valence-electron chi connectivity index (χ4n) is 2.66. The molecule has 0 unspecified atom stereocenters. The van der Waals surface area contributed by atoms with Crippen molar-refractivity contribution >= 4 is 5.91 Å². The van der Waals surface area contributed by atoms with Crippen LogP contribution in [0.1, 0.15) is 30.5 Å². The number of hydrogen-bond donors (Lipinski definition) is 2. The molecule has 1 aromatic heterocycles. The van der Waals surface area contributed by atoms with Gasteiger partial charge in [0.25, 0.3) is 0 Å². The van der Waals surface area contributed by atoms with Crippen molar-refractivity contribution < 1.29 is 4.79 Å². The highest BCUT2D eigenvalue weighted by molar-refractivity contribution is 5.89. The number of nitrogens with one attached hydrogen (secondary N) is 2. The molecule has 0 spiro atoms. The lowest BCUT2D eigenvalue weighted by Crippen LogP contribution is -2.49. The maximum Gasteiger partial charge on any atom is 0.230 e. The molecular weight excluding hydrogens is 238 g/mol. The molecule has 3 rings (SSSR count). The summed E-state index contributed by atoms with van der Waals surface area (Å²) in [6, 6.07) is 12.0. The first-order chi connectivity index (χ1) is 9.31. The number of aromatic nitrogens is 2. The second kappa shape index (κ2) is 4.88. The van der Waals surface area contributed by atoms with Gasteiger partial charge in [-0.25, -0.2) is 0 Å². The summed E-state index contributed by atoms with van der Waals surface area (Å²) in [6.45, 7) is 0.507. The van der Waals surface area contributed by atoms with E-state index in [1.54, 1.807) is 6.20 Å². The highest BCUT2D eigenvalue weighted by Gasteiger charge is 2.45. The summed E-state index contributed by atoms with van der Waals surface area (Å²) in [6.07, 6.45) is 4.68. The Morgan fingerprint density at radius 2 is 2.05 bits per heavy atom. The van der Waals surface area contributed by atoms with Crippen molar-refractivity contribution in [1.29, 1.82) is 0 Å². The summed E-state index contributed by atoms with van der Waals surface area (Å²) in [5, 5.41) is 9.75. The van der Waals surface area contributed by atoms with Crippen molar-refractivity contribution in [1.82, 2.24) is 15.5 Å². The van der Waals surface area contributed by atoms with E-state index in [4.69, 9.17) is 0 Å². The molecule has 1 saturated carbocycles. The molecule has 0 saturated heterocycles. The summed E-state index contributed by atoms with van der Waals surface area (Å²) in [5.74, 6) is 0.125. The molecule has 0 atom stereocenters. The number of aromatic amines is 1. The highest BCUT2D eigenvalue weighted by atomic mass is 16.2. The van der Waals surface area contributed by atoms with Gasteiger partial charge in [-0.1, -0.05) is 36.8 Å². The van der Waals surface area contributed by atoms with E-state index in [1.165, 1.54) is 0 Å². The lowest BCUT2D eigenvalue weighted by Gasteiger charge is -2.40. The Balaban J connectivity index is 1.73. The van der Waals surface area contributed by atoms with Gasteiger partial charge in [-0.05, 0) is 24.5 Å². The third kappa shape index (κ3) is 2.14. The van der Waals surface area contributed by atoms with E-state index < -0.39 is 0 Å². The molecule has 2 N–H and O–H groups in total. The predicted octanol–water partition coefficient (Wildman–Crippen LogP) is 2.15. The lowest BCUT2D eigenvalue weighted by atomic mass is 9.64.